The molecule has 0 saturated heterocycles. The predicted octanol–water partition coefficient (Wildman–Crippen LogP) is 14.0. The molecule has 334 valence electrons. The molecule has 0 aromatic heterocycles. The molecule has 2 heterocycles. The molecule has 4 heteroatoms. The van der Waals surface area contributed by atoms with Crippen LogP contribution in [0, 0.1) is 5.41 Å². The summed E-state index contributed by atoms with van der Waals surface area (Å²) in [5, 5.41) is 0. The van der Waals surface area contributed by atoms with Gasteiger partial charge in [0, 0.05) is 39.8 Å². The Hall–Kier alpha value is -6.00. The maximum absolute atomic E-state index is 2.89. The number of hydrogen-bond donors (Lipinski definition) is 0. The quantitative estimate of drug-likeness (QED) is 0.160. The van der Waals surface area contributed by atoms with Gasteiger partial charge >= 0.3 is 0 Å². The molecule has 4 aliphatic carbocycles. The second kappa shape index (κ2) is 15.5. The summed E-state index contributed by atoms with van der Waals surface area (Å²) in [6.45, 7) is 12.1. The van der Waals surface area contributed by atoms with Crippen LogP contribution in [-0.2, 0) is 43.9 Å². The average molecular weight is 874 g/mol. The first-order valence-electron chi connectivity index (χ1n) is 25.8. The summed E-state index contributed by atoms with van der Waals surface area (Å²) in [4.78, 5) is 8.34. The summed E-state index contributed by atoms with van der Waals surface area (Å²) in [6, 6.07) is 56.2. The first-order chi connectivity index (χ1) is 32.6. The highest BCUT2D eigenvalue weighted by atomic mass is 15.2. The zero-order chi connectivity index (χ0) is 45.2. The summed E-state index contributed by atoms with van der Waals surface area (Å²) >= 11 is 0. The molecule has 3 nitrogen and oxygen atoms in total. The van der Waals surface area contributed by atoms with Gasteiger partial charge in [0.25, 0.3) is 6.71 Å². The molecule has 0 spiro atoms. The van der Waals surface area contributed by atoms with E-state index in [0.29, 0.717) is 0 Å². The van der Waals surface area contributed by atoms with Gasteiger partial charge in [0.2, 0.25) is 0 Å². The van der Waals surface area contributed by atoms with E-state index in [1.807, 2.05) is 0 Å². The minimum absolute atomic E-state index is 0.0636. The smallest absolute Gasteiger partial charge is 0.252 e. The van der Waals surface area contributed by atoms with Crippen molar-refractivity contribution in [1.82, 2.24) is 0 Å². The number of fused-ring (bicyclic) bond motifs is 8. The molecule has 6 aliphatic rings. The summed E-state index contributed by atoms with van der Waals surface area (Å²) in [5.41, 5.74) is 27.6. The Labute approximate surface area is 400 Å². The van der Waals surface area contributed by atoms with Crippen molar-refractivity contribution in [2.75, 3.05) is 14.7 Å². The lowest BCUT2D eigenvalue weighted by Crippen LogP contribution is -2.62. The van der Waals surface area contributed by atoms with Gasteiger partial charge in [0.15, 0.2) is 0 Å². The van der Waals surface area contributed by atoms with Crippen LogP contribution < -0.4 is 31.1 Å². The highest BCUT2D eigenvalue weighted by molar-refractivity contribution is 7.00. The number of benzene rings is 7. The lowest BCUT2D eigenvalue weighted by atomic mass is 9.33. The van der Waals surface area contributed by atoms with E-state index in [1.54, 1.807) is 16.7 Å². The standard InChI is InChI=1S/C63H64BN3/c1-62(2,3)47-29-31-49(32-30-47)65(55-27-15-21-41-17-11-13-25-51(41)55)50-37-59-61-60(38-50)67(56-28-16-22-42-18-12-14-26-52(42)56)58-36-46-40-63(4,5)39-45(46)34-54(58)64(61)53-33-43-19-9-10-20-44(43)35-57(53)66(59)48-23-7-6-8-24-48/h6-8,11-14,17-18,23-26,29-38,55-56H,9-10,15-16,19-22,27-28,39-40H2,1-5H3. The van der Waals surface area contributed by atoms with Gasteiger partial charge in [-0.1, -0.05) is 126 Å². The second-order valence-electron chi connectivity index (χ2n) is 22.8. The van der Waals surface area contributed by atoms with Gasteiger partial charge < -0.3 is 14.7 Å². The Morgan fingerprint density at radius 2 is 1.10 bits per heavy atom. The Bertz CT molecular complexity index is 3080. The van der Waals surface area contributed by atoms with Crippen LogP contribution in [0.3, 0.4) is 0 Å². The van der Waals surface area contributed by atoms with Crippen LogP contribution in [0.1, 0.15) is 135 Å². The number of aryl methyl sites for hydroxylation is 4. The Kier molecular flexibility index (Phi) is 9.55. The van der Waals surface area contributed by atoms with E-state index in [4.69, 9.17) is 0 Å². The summed E-state index contributed by atoms with van der Waals surface area (Å²) in [6.07, 6.45) is 14.0. The zero-order valence-electron chi connectivity index (χ0n) is 40.3. The van der Waals surface area contributed by atoms with Crippen LogP contribution in [-0.4, -0.2) is 6.71 Å². The summed E-state index contributed by atoms with van der Waals surface area (Å²) in [7, 11) is 0. The van der Waals surface area contributed by atoms with E-state index in [1.165, 1.54) is 122 Å². The third kappa shape index (κ3) is 6.75. The van der Waals surface area contributed by atoms with Gasteiger partial charge in [-0.25, -0.2) is 0 Å². The lowest BCUT2D eigenvalue weighted by Gasteiger charge is -2.49. The molecule has 7 aromatic carbocycles. The molecule has 2 unspecified atom stereocenters. The average Bonchev–Trinajstić information content (AvgIpc) is 3.65. The Morgan fingerprint density at radius 1 is 0.522 bits per heavy atom. The van der Waals surface area contributed by atoms with Crippen molar-refractivity contribution in [3.8, 4) is 0 Å². The molecule has 2 aliphatic heterocycles. The van der Waals surface area contributed by atoms with E-state index < -0.39 is 0 Å². The second-order valence-corrected chi connectivity index (χ2v) is 22.8. The maximum atomic E-state index is 2.89. The van der Waals surface area contributed by atoms with Gasteiger partial charge in [-0.05, 0) is 203 Å². The molecule has 13 rings (SSSR count). The Morgan fingerprint density at radius 3 is 1.85 bits per heavy atom. The van der Waals surface area contributed by atoms with Crippen LogP contribution in [0.4, 0.5) is 39.8 Å². The first-order valence-corrected chi connectivity index (χ1v) is 25.8. The predicted molar refractivity (Wildman–Crippen MR) is 284 cm³/mol. The third-order valence-electron chi connectivity index (χ3n) is 16.8. The molecular formula is C63H64BN3. The van der Waals surface area contributed by atoms with Gasteiger partial charge in [-0.3, -0.25) is 0 Å². The summed E-state index contributed by atoms with van der Waals surface area (Å²) < 4.78 is 0. The largest absolute Gasteiger partial charge is 0.335 e. The van der Waals surface area contributed by atoms with Crippen LogP contribution in [0.15, 0.2) is 140 Å². The zero-order valence-corrected chi connectivity index (χ0v) is 40.3. The van der Waals surface area contributed by atoms with Gasteiger partial charge in [-0.15, -0.1) is 0 Å². The number of para-hydroxylation sites is 1. The summed E-state index contributed by atoms with van der Waals surface area (Å²) in [5.74, 6) is 0. The van der Waals surface area contributed by atoms with E-state index >= 15 is 0 Å². The molecule has 0 radical (unpaired) electrons. The number of nitrogens with zero attached hydrogens (tertiary/aromatic N) is 3. The number of anilines is 7. The topological polar surface area (TPSA) is 9.72 Å². The molecule has 0 amide bonds. The van der Waals surface area contributed by atoms with Crippen molar-refractivity contribution in [3.63, 3.8) is 0 Å². The number of rotatable bonds is 5. The fourth-order valence-corrected chi connectivity index (χ4v) is 13.8. The van der Waals surface area contributed by atoms with Crippen LogP contribution in [0.2, 0.25) is 0 Å². The van der Waals surface area contributed by atoms with Crippen molar-refractivity contribution in [2.24, 2.45) is 5.41 Å². The van der Waals surface area contributed by atoms with Crippen LogP contribution in [0.25, 0.3) is 0 Å². The minimum Gasteiger partial charge on any atom is -0.335 e. The highest BCUT2D eigenvalue weighted by Gasteiger charge is 2.47. The van der Waals surface area contributed by atoms with Crippen LogP contribution >= 0.6 is 0 Å². The van der Waals surface area contributed by atoms with Crippen molar-refractivity contribution < 1.29 is 0 Å². The van der Waals surface area contributed by atoms with Gasteiger partial charge in [0.1, 0.15) is 0 Å². The van der Waals surface area contributed by atoms with Crippen molar-refractivity contribution in [2.45, 2.75) is 129 Å². The molecule has 67 heavy (non-hydrogen) atoms. The van der Waals surface area contributed by atoms with Crippen molar-refractivity contribution in [1.29, 1.82) is 0 Å². The van der Waals surface area contributed by atoms with E-state index in [0.717, 1.165) is 44.9 Å². The Balaban J connectivity index is 1.14. The van der Waals surface area contributed by atoms with Gasteiger partial charge in [0.05, 0.1) is 12.1 Å². The molecular weight excluding hydrogens is 810 g/mol. The van der Waals surface area contributed by atoms with E-state index in [2.05, 4.69) is 189 Å². The molecule has 2 atom stereocenters. The lowest BCUT2D eigenvalue weighted by molar-refractivity contribution is 0.392. The molecule has 0 bridgehead atoms. The molecule has 0 N–H and O–H groups in total. The maximum Gasteiger partial charge on any atom is 0.252 e. The van der Waals surface area contributed by atoms with Crippen LogP contribution in [0.5, 0.6) is 0 Å². The highest BCUT2D eigenvalue weighted by Crippen LogP contribution is 2.52. The minimum atomic E-state index is 0.0636. The monoisotopic (exact) mass is 874 g/mol. The fraction of sp³-hybridized carbons (Fsp3) is 0.333. The van der Waals surface area contributed by atoms with E-state index in [9.17, 15) is 0 Å². The van der Waals surface area contributed by atoms with Crippen molar-refractivity contribution >= 4 is 62.9 Å². The SMILES string of the molecule is CC1(C)Cc2cc3c(cc2C1)N(C1CCCc2ccccc21)c1cc(N(c2ccc(C(C)(C)C)cc2)C2CCCc4ccccc42)cc2c1B3c1cc3c(cc1N2c1ccccc1)CCCC3. The normalized spacial score (nSPS) is 19.6. The molecule has 0 saturated carbocycles. The van der Waals surface area contributed by atoms with E-state index in [-0.39, 0.29) is 29.6 Å². The number of hydrogen-bond acceptors (Lipinski definition) is 3. The first kappa shape index (κ1) is 41.2. The fourth-order valence-electron chi connectivity index (χ4n) is 13.8. The molecule has 0 fully saturated rings. The third-order valence-corrected chi connectivity index (χ3v) is 16.8. The van der Waals surface area contributed by atoms with Crippen molar-refractivity contribution in [3.05, 3.63) is 190 Å². The molecule has 7 aromatic rings. The van der Waals surface area contributed by atoms with Gasteiger partial charge in [-0.2, -0.15) is 0 Å².